The summed E-state index contributed by atoms with van der Waals surface area (Å²) in [6.07, 6.45) is 3.19. The van der Waals surface area contributed by atoms with Gasteiger partial charge in [-0.3, -0.25) is 0 Å². The topological polar surface area (TPSA) is 147 Å². The number of hydrogen-bond acceptors (Lipinski definition) is 11. The number of esters is 4. The molecule has 0 unspecified atom stereocenters. The quantitative estimate of drug-likeness (QED) is 0.0384. The third kappa shape index (κ3) is 10.0. The van der Waals surface area contributed by atoms with Crippen LogP contribution >= 0.6 is 0 Å². The molecule has 1 aliphatic carbocycles. The van der Waals surface area contributed by atoms with Crippen LogP contribution in [-0.2, 0) is 19.1 Å². The molecule has 5 aromatic carbocycles. The molecule has 0 saturated carbocycles. The maximum Gasteiger partial charge on any atom is 0.343 e. The van der Waals surface area contributed by atoms with Gasteiger partial charge in [-0.2, -0.15) is 5.26 Å². The van der Waals surface area contributed by atoms with Crippen LogP contribution in [0.3, 0.4) is 0 Å². The molecule has 0 bridgehead atoms. The molecule has 0 N–H and O–H groups in total. The van der Waals surface area contributed by atoms with Crippen molar-refractivity contribution in [3.05, 3.63) is 168 Å². The van der Waals surface area contributed by atoms with Gasteiger partial charge in [0.25, 0.3) is 0 Å². The summed E-state index contributed by atoms with van der Waals surface area (Å²) < 4.78 is 32.9. The van der Waals surface area contributed by atoms with Crippen LogP contribution in [0.15, 0.2) is 135 Å². The molecule has 0 aliphatic heterocycles. The van der Waals surface area contributed by atoms with E-state index in [1.165, 1.54) is 0 Å². The Morgan fingerprint density at radius 3 is 1.39 bits per heavy atom. The monoisotopic (exact) mass is 763 g/mol. The Bertz CT molecular complexity index is 2190. The maximum atomic E-state index is 13.2. The van der Waals surface area contributed by atoms with Gasteiger partial charge < -0.3 is 28.4 Å². The summed E-state index contributed by atoms with van der Waals surface area (Å²) in [6, 6.07) is 33.4. The van der Waals surface area contributed by atoms with Crippen LogP contribution in [-0.4, -0.2) is 50.3 Å². The van der Waals surface area contributed by atoms with Crippen LogP contribution < -0.4 is 18.9 Å². The first-order chi connectivity index (χ1) is 27.8. The highest BCUT2D eigenvalue weighted by Crippen LogP contribution is 2.50. The van der Waals surface area contributed by atoms with Gasteiger partial charge in [0.15, 0.2) is 0 Å². The predicted molar refractivity (Wildman–Crippen MR) is 209 cm³/mol. The van der Waals surface area contributed by atoms with Gasteiger partial charge in [0.2, 0.25) is 0 Å². The van der Waals surface area contributed by atoms with Crippen LogP contribution in [0.2, 0.25) is 0 Å². The molecule has 286 valence electrons. The summed E-state index contributed by atoms with van der Waals surface area (Å²) in [5, 5.41) is 9.44. The van der Waals surface area contributed by atoms with Gasteiger partial charge in [0, 0.05) is 30.9 Å². The molecule has 0 amide bonds. The van der Waals surface area contributed by atoms with E-state index in [4.69, 9.17) is 28.4 Å². The largest absolute Gasteiger partial charge is 0.493 e. The summed E-state index contributed by atoms with van der Waals surface area (Å²) >= 11 is 0. The lowest BCUT2D eigenvalue weighted by Gasteiger charge is -2.16. The summed E-state index contributed by atoms with van der Waals surface area (Å²) in [7, 11) is 0. The number of hydrogen-bond donors (Lipinski definition) is 0. The Labute approximate surface area is 329 Å². The fourth-order valence-electron chi connectivity index (χ4n) is 6.12. The molecule has 57 heavy (non-hydrogen) atoms. The second-order valence-corrected chi connectivity index (χ2v) is 12.6. The fraction of sp³-hybridized carbons (Fsp3) is 0.152. The molecule has 0 saturated heterocycles. The molecule has 0 fully saturated rings. The van der Waals surface area contributed by atoms with Gasteiger partial charge in [-0.15, -0.1) is 0 Å². The third-order valence-corrected chi connectivity index (χ3v) is 8.87. The van der Waals surface area contributed by atoms with Gasteiger partial charge in [-0.05, 0) is 113 Å². The SMILES string of the molecule is C=CC(=O)OCCCOc1ccc(C(=O)Oc2ccc3c(c2)C(c2ccc(C#N)cc2)c2cc(OC(=O)c4ccc(OCCCOC(=O)C=C)cc4)ccc2-3)cc1. The second kappa shape index (κ2) is 18.7. The lowest BCUT2D eigenvalue weighted by Crippen LogP contribution is -2.10. The van der Waals surface area contributed by atoms with Crippen molar-refractivity contribution in [3.63, 3.8) is 0 Å². The minimum absolute atomic E-state index is 0.204. The fourth-order valence-corrected chi connectivity index (χ4v) is 6.12. The first kappa shape index (κ1) is 39.2. The van der Waals surface area contributed by atoms with E-state index in [0.29, 0.717) is 65.7 Å². The number of fused-ring (bicyclic) bond motifs is 3. The number of rotatable bonds is 17. The van der Waals surface area contributed by atoms with Crippen molar-refractivity contribution < 1.29 is 47.6 Å². The Hall–Kier alpha value is -7.45. The number of ether oxygens (including phenoxy) is 6. The molecule has 0 aromatic heterocycles. The van der Waals surface area contributed by atoms with Gasteiger partial charge in [0.05, 0.1) is 49.2 Å². The molecule has 5 aromatic rings. The molecular weight excluding hydrogens is 727 g/mol. The minimum atomic E-state index is -0.552. The summed E-state index contributed by atoms with van der Waals surface area (Å²) in [5.74, 6) is -0.627. The zero-order valence-corrected chi connectivity index (χ0v) is 30.8. The standard InChI is InChI=1S/C46H37NO10/c1-3-42(48)54-25-5-23-52-34-15-11-32(12-16-34)45(50)56-36-19-21-38-39-22-20-37(28-41(39)44(40(38)27-36)31-9-7-30(29-47)8-10-31)57-46(51)33-13-17-35(18-14-33)53-24-6-26-55-43(49)4-2/h3-4,7-22,27-28,44H,1-2,5-6,23-26H2. The molecule has 0 spiro atoms. The highest BCUT2D eigenvalue weighted by atomic mass is 16.5. The van der Waals surface area contributed by atoms with E-state index in [2.05, 4.69) is 19.2 Å². The minimum Gasteiger partial charge on any atom is -0.493 e. The average Bonchev–Trinajstić information content (AvgIpc) is 3.56. The summed E-state index contributed by atoms with van der Waals surface area (Å²) in [6.45, 7) is 7.76. The van der Waals surface area contributed by atoms with Crippen molar-refractivity contribution in [1.82, 2.24) is 0 Å². The number of nitrogens with zero attached hydrogens (tertiary/aromatic N) is 1. The van der Waals surface area contributed by atoms with E-state index in [1.807, 2.05) is 36.4 Å². The van der Waals surface area contributed by atoms with Gasteiger partial charge in [-0.25, -0.2) is 19.2 Å². The Kier molecular flexibility index (Phi) is 12.9. The lowest BCUT2D eigenvalue weighted by molar-refractivity contribution is -0.138. The first-order valence-electron chi connectivity index (χ1n) is 18.0. The van der Waals surface area contributed by atoms with Crippen molar-refractivity contribution in [2.45, 2.75) is 18.8 Å². The zero-order valence-electron chi connectivity index (χ0n) is 30.8. The molecular formula is C46H37NO10. The van der Waals surface area contributed by atoms with E-state index in [0.717, 1.165) is 40.0 Å². The van der Waals surface area contributed by atoms with E-state index in [9.17, 15) is 24.4 Å². The average molecular weight is 764 g/mol. The van der Waals surface area contributed by atoms with E-state index >= 15 is 0 Å². The normalized spacial score (nSPS) is 11.2. The molecule has 6 rings (SSSR count). The summed E-state index contributed by atoms with van der Waals surface area (Å²) in [5.41, 5.74) is 5.66. The predicted octanol–water partition coefficient (Wildman–Crippen LogP) is 8.15. The van der Waals surface area contributed by atoms with Crippen molar-refractivity contribution in [2.24, 2.45) is 0 Å². The van der Waals surface area contributed by atoms with Crippen molar-refractivity contribution in [1.29, 1.82) is 5.26 Å². The highest BCUT2D eigenvalue weighted by Gasteiger charge is 2.31. The Balaban J connectivity index is 1.14. The Morgan fingerprint density at radius 2 is 0.982 bits per heavy atom. The number of benzene rings is 5. The number of carbonyl (C=O) groups is 4. The van der Waals surface area contributed by atoms with Crippen LogP contribution in [0.4, 0.5) is 0 Å². The third-order valence-electron chi connectivity index (χ3n) is 8.87. The van der Waals surface area contributed by atoms with Gasteiger partial charge in [-0.1, -0.05) is 37.4 Å². The van der Waals surface area contributed by atoms with Crippen LogP contribution in [0.25, 0.3) is 11.1 Å². The molecule has 1 aliphatic rings. The Morgan fingerprint density at radius 1 is 0.561 bits per heavy atom. The zero-order chi connectivity index (χ0) is 40.1. The smallest absolute Gasteiger partial charge is 0.343 e. The van der Waals surface area contributed by atoms with Crippen molar-refractivity contribution in [3.8, 4) is 40.2 Å². The molecule has 0 radical (unpaired) electrons. The summed E-state index contributed by atoms with van der Waals surface area (Å²) in [4.78, 5) is 48.8. The second-order valence-electron chi connectivity index (χ2n) is 12.6. The van der Waals surface area contributed by atoms with Crippen molar-refractivity contribution >= 4 is 23.9 Å². The van der Waals surface area contributed by atoms with E-state index in [1.54, 1.807) is 72.8 Å². The molecule has 0 atom stereocenters. The highest BCUT2D eigenvalue weighted by molar-refractivity contribution is 5.92. The lowest BCUT2D eigenvalue weighted by atomic mass is 9.89. The molecule has 0 heterocycles. The van der Waals surface area contributed by atoms with Crippen LogP contribution in [0.1, 0.15) is 61.7 Å². The number of carbonyl (C=O) groups excluding carboxylic acids is 4. The number of nitriles is 1. The van der Waals surface area contributed by atoms with E-state index in [-0.39, 0.29) is 19.1 Å². The van der Waals surface area contributed by atoms with Gasteiger partial charge in [0.1, 0.15) is 23.0 Å². The molecule has 11 heteroatoms. The van der Waals surface area contributed by atoms with Crippen LogP contribution in [0.5, 0.6) is 23.0 Å². The molecule has 11 nitrogen and oxygen atoms in total. The first-order valence-corrected chi connectivity index (χ1v) is 18.0. The van der Waals surface area contributed by atoms with E-state index < -0.39 is 23.9 Å². The maximum absolute atomic E-state index is 13.2. The van der Waals surface area contributed by atoms with Crippen molar-refractivity contribution in [2.75, 3.05) is 26.4 Å². The van der Waals surface area contributed by atoms with Crippen LogP contribution in [0, 0.1) is 11.3 Å². The van der Waals surface area contributed by atoms with Gasteiger partial charge >= 0.3 is 23.9 Å².